The Hall–Kier alpha value is -3.79. The van der Waals surface area contributed by atoms with E-state index in [1.54, 1.807) is 11.1 Å². The average Bonchev–Trinajstić information content (AvgIpc) is 3.41. The van der Waals surface area contributed by atoms with Crippen LogP contribution >= 0.6 is 11.6 Å². The molecule has 1 aromatic heterocycles. The van der Waals surface area contributed by atoms with E-state index >= 15 is 0 Å². The summed E-state index contributed by atoms with van der Waals surface area (Å²) in [5, 5.41) is 14.0. The number of urea groups is 2. The quantitative estimate of drug-likeness (QED) is 0.438. The van der Waals surface area contributed by atoms with Crippen LogP contribution in [0, 0.1) is 6.92 Å². The Kier molecular flexibility index (Phi) is 6.92. The number of piperidine rings is 1. The van der Waals surface area contributed by atoms with Gasteiger partial charge in [0.2, 0.25) is 0 Å². The predicted octanol–water partition coefficient (Wildman–Crippen LogP) is 3.83. The number of aromatic nitrogens is 2. The molecule has 0 bridgehead atoms. The lowest BCUT2D eigenvalue weighted by molar-refractivity contribution is -0.142. The number of ether oxygens (including phenoxy) is 1. The predicted molar refractivity (Wildman–Crippen MR) is 139 cm³/mol. The summed E-state index contributed by atoms with van der Waals surface area (Å²) in [5.41, 5.74) is 4.41. The van der Waals surface area contributed by atoms with Crippen molar-refractivity contribution < 1.29 is 19.1 Å². The van der Waals surface area contributed by atoms with E-state index in [9.17, 15) is 14.4 Å². The third-order valence-electron chi connectivity index (χ3n) is 7.20. The van der Waals surface area contributed by atoms with Gasteiger partial charge in [-0.1, -0.05) is 35.9 Å². The zero-order chi connectivity index (χ0) is 26.1. The summed E-state index contributed by atoms with van der Waals surface area (Å²) in [4.78, 5) is 41.9. The van der Waals surface area contributed by atoms with Crippen molar-refractivity contribution in [1.29, 1.82) is 0 Å². The highest BCUT2D eigenvalue weighted by atomic mass is 35.5. The van der Waals surface area contributed by atoms with Crippen LogP contribution in [0.2, 0.25) is 5.02 Å². The zero-order valence-corrected chi connectivity index (χ0v) is 21.5. The molecular formula is C26H29ClN6O4. The molecule has 0 aliphatic carbocycles. The Morgan fingerprint density at radius 2 is 2.03 bits per heavy atom. The van der Waals surface area contributed by atoms with Crippen LogP contribution in [-0.2, 0) is 22.5 Å². The van der Waals surface area contributed by atoms with E-state index in [-0.39, 0.29) is 24.5 Å². The Balaban J connectivity index is 1.23. The van der Waals surface area contributed by atoms with Crippen LogP contribution in [0.15, 0.2) is 36.5 Å². The van der Waals surface area contributed by atoms with Crippen molar-refractivity contribution in [3.05, 3.63) is 58.2 Å². The third-order valence-corrected chi connectivity index (χ3v) is 7.65. The number of amides is 4. The van der Waals surface area contributed by atoms with Gasteiger partial charge in [-0.05, 0) is 42.5 Å². The molecule has 37 heavy (non-hydrogen) atoms. The fourth-order valence-corrected chi connectivity index (χ4v) is 5.44. The normalized spacial score (nSPS) is 16.8. The molecule has 0 spiro atoms. The largest absolute Gasteiger partial charge is 0.467 e. The number of carbonyl (C=O) groups is 3. The number of aromatic amines is 1. The van der Waals surface area contributed by atoms with Gasteiger partial charge in [0.15, 0.2) is 0 Å². The minimum atomic E-state index is -0.902. The lowest BCUT2D eigenvalue weighted by Crippen LogP contribution is -2.54. The monoisotopic (exact) mass is 524 g/mol. The number of fused-ring (bicyclic) bond motifs is 2. The van der Waals surface area contributed by atoms with Gasteiger partial charge in [-0.2, -0.15) is 5.10 Å². The summed E-state index contributed by atoms with van der Waals surface area (Å²) in [7, 11) is 1.29. The molecular weight excluding hydrogens is 496 g/mol. The second-order valence-electron chi connectivity index (χ2n) is 9.49. The first-order valence-corrected chi connectivity index (χ1v) is 12.6. The van der Waals surface area contributed by atoms with E-state index in [1.807, 2.05) is 42.2 Å². The lowest BCUT2D eigenvalue weighted by atomic mass is 10.0. The van der Waals surface area contributed by atoms with Gasteiger partial charge in [-0.25, -0.2) is 14.4 Å². The molecule has 5 rings (SSSR count). The number of benzene rings is 2. The number of carbonyl (C=O) groups excluding carboxylic acids is 3. The number of hydrogen-bond acceptors (Lipinski definition) is 5. The number of methoxy groups -OCH3 is 1. The van der Waals surface area contributed by atoms with Crippen molar-refractivity contribution in [2.75, 3.05) is 25.5 Å². The summed E-state index contributed by atoms with van der Waals surface area (Å²) in [6.45, 7) is 3.41. The van der Waals surface area contributed by atoms with Gasteiger partial charge < -0.3 is 25.2 Å². The van der Waals surface area contributed by atoms with E-state index in [2.05, 4.69) is 20.8 Å². The standard InChI is InChI=1S/C26H29ClN6O4/c1-15-11-17(22(27)19-13-28-31-23(15)19)12-21(24(34)37-2)30-25(35)32-9-7-18(8-10-32)33-14-16-5-3-4-6-20(16)29-26(33)36/h3-6,11,13,18,21H,7-10,12,14H2,1-2H3,(H,28,31)(H,29,36)(H,30,35)/t21-/m1/s1. The molecule has 10 nitrogen and oxygen atoms in total. The summed E-state index contributed by atoms with van der Waals surface area (Å²) >= 11 is 6.59. The van der Waals surface area contributed by atoms with E-state index in [4.69, 9.17) is 16.3 Å². The second-order valence-corrected chi connectivity index (χ2v) is 9.87. The van der Waals surface area contributed by atoms with Crippen molar-refractivity contribution in [2.24, 2.45) is 0 Å². The van der Waals surface area contributed by atoms with Gasteiger partial charge >= 0.3 is 18.0 Å². The molecule has 0 unspecified atom stereocenters. The number of nitrogens with one attached hydrogen (secondary N) is 3. The number of esters is 1. The molecule has 0 radical (unpaired) electrons. The highest BCUT2D eigenvalue weighted by molar-refractivity contribution is 6.36. The smallest absolute Gasteiger partial charge is 0.328 e. The third kappa shape index (κ3) is 4.93. The summed E-state index contributed by atoms with van der Waals surface area (Å²) in [6, 6.07) is 8.32. The SMILES string of the molecule is COC(=O)[C@@H](Cc1cc(C)c2[nH]ncc2c1Cl)NC(=O)N1CCC(N2Cc3ccccc3NC2=O)CC1. The molecule has 3 heterocycles. The van der Waals surface area contributed by atoms with Gasteiger partial charge in [0.05, 0.1) is 23.8 Å². The van der Waals surface area contributed by atoms with Crippen molar-refractivity contribution in [3.8, 4) is 0 Å². The van der Waals surface area contributed by atoms with Crippen LogP contribution in [0.25, 0.3) is 10.9 Å². The molecule has 11 heteroatoms. The maximum atomic E-state index is 13.1. The average molecular weight is 525 g/mol. The first-order chi connectivity index (χ1) is 17.9. The van der Waals surface area contributed by atoms with Crippen LogP contribution in [0.1, 0.15) is 29.5 Å². The van der Waals surface area contributed by atoms with E-state index in [0.29, 0.717) is 37.5 Å². The van der Waals surface area contributed by atoms with Gasteiger partial charge in [-0.3, -0.25) is 5.10 Å². The van der Waals surface area contributed by atoms with Crippen LogP contribution in [0.4, 0.5) is 15.3 Å². The Bertz CT molecular complexity index is 1350. The molecule has 1 atom stereocenters. The van der Waals surface area contributed by atoms with Gasteiger partial charge in [0.1, 0.15) is 6.04 Å². The van der Waals surface area contributed by atoms with Crippen LogP contribution in [-0.4, -0.2) is 70.3 Å². The number of para-hydroxylation sites is 1. The van der Waals surface area contributed by atoms with Crippen molar-refractivity contribution in [1.82, 2.24) is 25.3 Å². The highest BCUT2D eigenvalue weighted by Gasteiger charge is 2.34. The molecule has 194 valence electrons. The van der Waals surface area contributed by atoms with Gasteiger partial charge in [-0.15, -0.1) is 0 Å². The maximum absolute atomic E-state index is 13.1. The highest BCUT2D eigenvalue weighted by Crippen LogP contribution is 2.30. The van der Waals surface area contributed by atoms with Crippen molar-refractivity contribution >= 4 is 46.2 Å². The minimum absolute atomic E-state index is 0.0253. The van der Waals surface area contributed by atoms with E-state index < -0.39 is 12.0 Å². The molecule has 1 saturated heterocycles. The topological polar surface area (TPSA) is 120 Å². The molecule has 4 amide bonds. The number of aryl methyl sites for hydroxylation is 1. The molecule has 2 aliphatic rings. The number of anilines is 1. The summed E-state index contributed by atoms with van der Waals surface area (Å²) in [6.07, 6.45) is 3.12. The minimum Gasteiger partial charge on any atom is -0.467 e. The van der Waals surface area contributed by atoms with E-state index in [1.165, 1.54) is 7.11 Å². The first kappa shape index (κ1) is 24.9. The van der Waals surface area contributed by atoms with Crippen LogP contribution in [0.3, 0.4) is 0 Å². The fourth-order valence-electron chi connectivity index (χ4n) is 5.17. The number of halogens is 1. The maximum Gasteiger partial charge on any atom is 0.328 e. The number of nitrogens with zero attached hydrogens (tertiary/aromatic N) is 3. The lowest BCUT2D eigenvalue weighted by Gasteiger charge is -2.40. The fraction of sp³-hybridized carbons (Fsp3) is 0.385. The summed E-state index contributed by atoms with van der Waals surface area (Å²) in [5.74, 6) is -0.548. The molecule has 3 aromatic rings. The Morgan fingerprint density at radius 1 is 1.27 bits per heavy atom. The Labute approximate surface area is 219 Å². The van der Waals surface area contributed by atoms with Crippen LogP contribution in [0.5, 0.6) is 0 Å². The molecule has 3 N–H and O–H groups in total. The molecule has 2 aromatic carbocycles. The molecule has 1 fully saturated rings. The second kappa shape index (κ2) is 10.3. The van der Waals surface area contributed by atoms with Crippen LogP contribution < -0.4 is 10.6 Å². The number of rotatable bonds is 5. The number of likely N-dealkylation sites (tertiary alicyclic amines) is 1. The van der Waals surface area contributed by atoms with Crippen molar-refractivity contribution in [3.63, 3.8) is 0 Å². The first-order valence-electron chi connectivity index (χ1n) is 12.3. The number of hydrogen-bond donors (Lipinski definition) is 3. The van der Waals surface area contributed by atoms with Gasteiger partial charge in [0.25, 0.3) is 0 Å². The number of H-pyrrole nitrogens is 1. The van der Waals surface area contributed by atoms with E-state index in [0.717, 1.165) is 33.3 Å². The zero-order valence-electron chi connectivity index (χ0n) is 20.7. The summed E-state index contributed by atoms with van der Waals surface area (Å²) < 4.78 is 4.97. The molecule has 2 aliphatic heterocycles. The van der Waals surface area contributed by atoms with Crippen molar-refractivity contribution in [2.45, 2.75) is 44.8 Å². The Morgan fingerprint density at radius 3 is 2.78 bits per heavy atom. The van der Waals surface area contributed by atoms with Gasteiger partial charge in [0, 0.05) is 43.2 Å². The molecule has 0 saturated carbocycles.